The molecule has 0 atom stereocenters. The Morgan fingerprint density at radius 2 is 1.68 bits per heavy atom. The van der Waals surface area contributed by atoms with Gasteiger partial charge in [0, 0.05) is 18.3 Å². The van der Waals surface area contributed by atoms with Crippen LogP contribution in [0.5, 0.6) is 0 Å². The van der Waals surface area contributed by atoms with E-state index < -0.39 is 6.03 Å². The van der Waals surface area contributed by atoms with Gasteiger partial charge in [-0.25, -0.2) is 4.79 Å². The lowest BCUT2D eigenvalue weighted by Crippen LogP contribution is -2.20. The molecule has 0 radical (unpaired) electrons. The molecule has 0 spiro atoms. The summed E-state index contributed by atoms with van der Waals surface area (Å²) in [6.07, 6.45) is 3.26. The topological polar surface area (TPSA) is 84.2 Å². The Morgan fingerprint density at radius 3 is 2.32 bits per heavy atom. The maximum Gasteiger partial charge on any atom is 0.316 e. The van der Waals surface area contributed by atoms with Crippen LogP contribution in [0.4, 0.5) is 10.5 Å². The van der Waals surface area contributed by atoms with Crippen LogP contribution in [-0.4, -0.2) is 11.9 Å². The average molecular weight is 295 g/mol. The van der Waals surface area contributed by atoms with Crippen molar-refractivity contribution in [1.29, 1.82) is 0 Å². The van der Waals surface area contributed by atoms with Gasteiger partial charge in [0.1, 0.15) is 0 Å². The van der Waals surface area contributed by atoms with E-state index in [1.54, 1.807) is 18.2 Å². The minimum Gasteiger partial charge on any atom is -0.351 e. The Kier molecular flexibility index (Phi) is 5.31. The molecule has 0 saturated carbocycles. The molecule has 5 heteroatoms. The van der Waals surface area contributed by atoms with Crippen molar-refractivity contribution in [2.24, 2.45) is 5.73 Å². The second kappa shape index (κ2) is 7.64. The number of urea groups is 1. The van der Waals surface area contributed by atoms with E-state index in [2.05, 4.69) is 10.6 Å². The molecule has 0 aliphatic carbocycles. The Hall–Kier alpha value is -3.08. The number of anilines is 1. The van der Waals surface area contributed by atoms with E-state index in [0.29, 0.717) is 12.2 Å². The normalized spacial score (nSPS) is 10.4. The minimum atomic E-state index is -0.605. The first-order valence-corrected chi connectivity index (χ1v) is 6.80. The fraction of sp³-hybridized carbons (Fsp3) is 0.0588. The number of amides is 3. The van der Waals surface area contributed by atoms with E-state index in [4.69, 9.17) is 5.73 Å². The zero-order valence-electron chi connectivity index (χ0n) is 12.0. The van der Waals surface area contributed by atoms with Gasteiger partial charge in [0.05, 0.1) is 0 Å². The van der Waals surface area contributed by atoms with Gasteiger partial charge in [-0.3, -0.25) is 4.79 Å². The van der Waals surface area contributed by atoms with Crippen LogP contribution in [0.2, 0.25) is 0 Å². The highest BCUT2D eigenvalue weighted by Gasteiger charge is 1.99. The summed E-state index contributed by atoms with van der Waals surface area (Å²) in [5.41, 5.74) is 7.54. The van der Waals surface area contributed by atoms with Crippen molar-refractivity contribution in [2.75, 3.05) is 5.32 Å². The summed E-state index contributed by atoms with van der Waals surface area (Å²) in [4.78, 5) is 22.4. The number of primary amides is 1. The number of hydrogen-bond acceptors (Lipinski definition) is 2. The molecule has 3 amide bonds. The number of carbonyl (C=O) groups excluding carboxylic acids is 2. The summed E-state index contributed by atoms with van der Waals surface area (Å²) in [6, 6.07) is 16.1. The van der Waals surface area contributed by atoms with Crippen LogP contribution in [0, 0.1) is 0 Å². The predicted molar refractivity (Wildman–Crippen MR) is 87.0 cm³/mol. The molecule has 0 fully saturated rings. The second-order valence-corrected chi connectivity index (χ2v) is 4.65. The Bertz CT molecular complexity index is 664. The quantitative estimate of drug-likeness (QED) is 0.740. The van der Waals surface area contributed by atoms with Crippen molar-refractivity contribution in [2.45, 2.75) is 6.54 Å². The van der Waals surface area contributed by atoms with E-state index in [0.717, 1.165) is 11.1 Å². The zero-order chi connectivity index (χ0) is 15.8. The molecule has 2 aromatic carbocycles. The van der Waals surface area contributed by atoms with Gasteiger partial charge in [-0.1, -0.05) is 42.5 Å². The van der Waals surface area contributed by atoms with Gasteiger partial charge >= 0.3 is 6.03 Å². The molecule has 4 N–H and O–H groups in total. The van der Waals surface area contributed by atoms with E-state index in [-0.39, 0.29) is 5.91 Å². The molecule has 2 aromatic rings. The molecule has 2 rings (SSSR count). The lowest BCUT2D eigenvalue weighted by Gasteiger charge is -2.05. The molecule has 112 valence electrons. The first kappa shape index (κ1) is 15.3. The minimum absolute atomic E-state index is 0.164. The van der Waals surface area contributed by atoms with E-state index >= 15 is 0 Å². The lowest BCUT2D eigenvalue weighted by molar-refractivity contribution is -0.116. The average Bonchev–Trinajstić information content (AvgIpc) is 2.53. The van der Waals surface area contributed by atoms with Crippen molar-refractivity contribution in [3.05, 3.63) is 71.8 Å². The molecule has 5 nitrogen and oxygen atoms in total. The highest BCUT2D eigenvalue weighted by atomic mass is 16.2. The summed E-state index contributed by atoms with van der Waals surface area (Å²) in [5.74, 6) is -0.164. The monoisotopic (exact) mass is 295 g/mol. The van der Waals surface area contributed by atoms with Crippen LogP contribution in [0.15, 0.2) is 60.7 Å². The molecule has 0 aliphatic heterocycles. The number of nitrogens with one attached hydrogen (secondary N) is 2. The third-order valence-electron chi connectivity index (χ3n) is 2.91. The van der Waals surface area contributed by atoms with Gasteiger partial charge in [0.25, 0.3) is 0 Å². The zero-order valence-corrected chi connectivity index (χ0v) is 12.0. The van der Waals surface area contributed by atoms with Crippen molar-refractivity contribution in [3.63, 3.8) is 0 Å². The summed E-state index contributed by atoms with van der Waals surface area (Å²) in [5, 5.41) is 5.27. The summed E-state index contributed by atoms with van der Waals surface area (Å²) in [6.45, 7) is 0.412. The molecule has 22 heavy (non-hydrogen) atoms. The van der Waals surface area contributed by atoms with Crippen molar-refractivity contribution >= 4 is 23.7 Å². The van der Waals surface area contributed by atoms with Crippen LogP contribution < -0.4 is 16.4 Å². The molecule has 0 aromatic heterocycles. The van der Waals surface area contributed by atoms with Gasteiger partial charge in [-0.15, -0.1) is 0 Å². The Morgan fingerprint density at radius 1 is 1.00 bits per heavy atom. The SMILES string of the molecule is NC(=O)Nc1ccc(CNC(=O)C=Cc2ccccc2)cc1. The third-order valence-corrected chi connectivity index (χ3v) is 2.91. The Labute approximate surface area is 128 Å². The van der Waals surface area contributed by atoms with Crippen LogP contribution in [0.1, 0.15) is 11.1 Å². The summed E-state index contributed by atoms with van der Waals surface area (Å²) < 4.78 is 0. The highest BCUT2D eigenvalue weighted by Crippen LogP contribution is 2.09. The molecular weight excluding hydrogens is 278 g/mol. The molecule has 0 aliphatic rings. The third kappa shape index (κ3) is 5.13. The fourth-order valence-corrected chi connectivity index (χ4v) is 1.83. The van der Waals surface area contributed by atoms with Gasteiger partial charge in [0.15, 0.2) is 0 Å². The fourth-order valence-electron chi connectivity index (χ4n) is 1.83. The highest BCUT2D eigenvalue weighted by molar-refractivity contribution is 5.91. The van der Waals surface area contributed by atoms with Crippen LogP contribution in [0.25, 0.3) is 6.08 Å². The number of benzene rings is 2. The van der Waals surface area contributed by atoms with E-state index in [1.165, 1.54) is 6.08 Å². The molecular formula is C17H17N3O2. The maximum atomic E-state index is 11.7. The summed E-state index contributed by atoms with van der Waals surface area (Å²) in [7, 11) is 0. The molecule has 0 unspecified atom stereocenters. The van der Waals surface area contributed by atoms with Gasteiger partial charge in [-0.2, -0.15) is 0 Å². The van der Waals surface area contributed by atoms with Crippen molar-refractivity contribution in [1.82, 2.24) is 5.32 Å². The number of rotatable bonds is 5. The predicted octanol–water partition coefficient (Wildman–Crippen LogP) is 2.51. The van der Waals surface area contributed by atoms with Gasteiger partial charge < -0.3 is 16.4 Å². The first-order valence-electron chi connectivity index (χ1n) is 6.80. The molecule has 0 bridgehead atoms. The van der Waals surface area contributed by atoms with Gasteiger partial charge in [-0.05, 0) is 29.3 Å². The largest absolute Gasteiger partial charge is 0.351 e. The summed E-state index contributed by atoms with van der Waals surface area (Å²) >= 11 is 0. The van der Waals surface area contributed by atoms with E-state index in [9.17, 15) is 9.59 Å². The van der Waals surface area contributed by atoms with Gasteiger partial charge in [0.2, 0.25) is 5.91 Å². The number of hydrogen-bond donors (Lipinski definition) is 3. The number of nitrogens with two attached hydrogens (primary N) is 1. The molecule has 0 heterocycles. The smallest absolute Gasteiger partial charge is 0.316 e. The Balaban J connectivity index is 1.83. The lowest BCUT2D eigenvalue weighted by atomic mass is 10.2. The standard InChI is InChI=1S/C17H17N3O2/c18-17(22)20-15-9-6-14(7-10-15)12-19-16(21)11-8-13-4-2-1-3-5-13/h1-11H,12H2,(H,19,21)(H3,18,20,22). The second-order valence-electron chi connectivity index (χ2n) is 4.65. The van der Waals surface area contributed by atoms with Crippen LogP contribution in [-0.2, 0) is 11.3 Å². The first-order chi connectivity index (χ1) is 10.6. The van der Waals surface area contributed by atoms with Crippen LogP contribution >= 0.6 is 0 Å². The molecule has 0 saturated heterocycles. The van der Waals surface area contributed by atoms with E-state index in [1.807, 2.05) is 42.5 Å². The maximum absolute atomic E-state index is 11.7. The number of carbonyl (C=O) groups is 2. The van der Waals surface area contributed by atoms with Crippen molar-refractivity contribution < 1.29 is 9.59 Å². The van der Waals surface area contributed by atoms with Crippen molar-refractivity contribution in [3.8, 4) is 0 Å². The van der Waals surface area contributed by atoms with Crippen LogP contribution in [0.3, 0.4) is 0 Å².